The molecular formula is C23H31N5O2. The molecule has 30 heavy (non-hydrogen) atoms. The summed E-state index contributed by atoms with van der Waals surface area (Å²) in [6, 6.07) is 17.4. The number of hydrogen-bond acceptors (Lipinski definition) is 3. The first-order valence-electron chi connectivity index (χ1n) is 10.6. The number of amides is 4. The van der Waals surface area contributed by atoms with Gasteiger partial charge in [0.25, 0.3) is 0 Å². The maximum absolute atomic E-state index is 12.2. The normalized spacial score (nSPS) is 13.6. The maximum atomic E-state index is 12.2. The first-order chi connectivity index (χ1) is 14.7. The van der Waals surface area contributed by atoms with Gasteiger partial charge in [-0.25, -0.2) is 9.59 Å². The van der Waals surface area contributed by atoms with Crippen molar-refractivity contribution in [1.29, 1.82) is 0 Å². The van der Waals surface area contributed by atoms with Crippen LogP contribution in [0.3, 0.4) is 0 Å². The third-order valence-electron chi connectivity index (χ3n) is 5.16. The van der Waals surface area contributed by atoms with E-state index in [1.165, 1.54) is 0 Å². The Labute approximate surface area is 178 Å². The Balaban J connectivity index is 1.42. The van der Waals surface area contributed by atoms with E-state index in [1.54, 1.807) is 0 Å². The van der Waals surface area contributed by atoms with Crippen molar-refractivity contribution in [3.8, 4) is 0 Å². The van der Waals surface area contributed by atoms with Crippen molar-refractivity contribution < 1.29 is 9.59 Å². The second-order valence-electron chi connectivity index (χ2n) is 7.40. The van der Waals surface area contributed by atoms with Crippen LogP contribution in [0.1, 0.15) is 25.3 Å². The Hall–Kier alpha value is -3.22. The fraction of sp³-hybridized carbons (Fsp3) is 0.391. The number of benzene rings is 2. The molecule has 2 aromatic carbocycles. The third kappa shape index (κ3) is 6.40. The largest absolute Gasteiger partial charge is 0.368 e. The van der Waals surface area contributed by atoms with Gasteiger partial charge < -0.3 is 25.8 Å². The van der Waals surface area contributed by atoms with Gasteiger partial charge in [-0.15, -0.1) is 0 Å². The summed E-state index contributed by atoms with van der Waals surface area (Å²) in [6.45, 7) is 6.35. The van der Waals surface area contributed by atoms with Crippen LogP contribution >= 0.6 is 0 Å². The molecule has 0 saturated carbocycles. The van der Waals surface area contributed by atoms with Crippen molar-refractivity contribution in [2.75, 3.05) is 42.9 Å². The molecule has 0 radical (unpaired) electrons. The SMILES string of the molecule is CCCCNC(=O)N1CCN(c2ccc(NC(=O)NCc3ccccc3)cc2)CC1. The standard InChI is InChI=1S/C23H31N5O2/c1-2-3-13-24-23(30)28-16-14-27(15-17-28)21-11-9-20(10-12-21)26-22(29)25-18-19-7-5-4-6-8-19/h4-12H,2-3,13-18H2,1H3,(H,24,30)(H2,25,26,29). The number of hydrogen-bond donors (Lipinski definition) is 3. The first kappa shape index (κ1) is 21.5. The van der Waals surface area contributed by atoms with Crippen molar-refractivity contribution in [1.82, 2.24) is 15.5 Å². The van der Waals surface area contributed by atoms with E-state index in [0.717, 1.165) is 49.4 Å². The molecule has 3 N–H and O–H groups in total. The van der Waals surface area contributed by atoms with Crippen LogP contribution in [0.15, 0.2) is 54.6 Å². The number of piperazine rings is 1. The second kappa shape index (κ2) is 11.1. The average molecular weight is 410 g/mol. The molecule has 0 spiro atoms. The lowest BCUT2D eigenvalue weighted by molar-refractivity contribution is 0.194. The minimum Gasteiger partial charge on any atom is -0.368 e. The first-order valence-corrected chi connectivity index (χ1v) is 10.6. The molecule has 1 fully saturated rings. The lowest BCUT2D eigenvalue weighted by Crippen LogP contribution is -2.52. The molecule has 160 valence electrons. The summed E-state index contributed by atoms with van der Waals surface area (Å²) >= 11 is 0. The van der Waals surface area contributed by atoms with Crippen LogP contribution in [0.5, 0.6) is 0 Å². The molecule has 1 heterocycles. The van der Waals surface area contributed by atoms with Crippen molar-refractivity contribution in [2.24, 2.45) is 0 Å². The van der Waals surface area contributed by atoms with Gasteiger partial charge >= 0.3 is 12.1 Å². The summed E-state index contributed by atoms with van der Waals surface area (Å²) in [5, 5.41) is 8.69. The smallest absolute Gasteiger partial charge is 0.319 e. The fourth-order valence-electron chi connectivity index (χ4n) is 3.36. The topological polar surface area (TPSA) is 76.7 Å². The molecule has 0 aliphatic carbocycles. The highest BCUT2D eigenvalue weighted by atomic mass is 16.2. The van der Waals surface area contributed by atoms with Crippen LogP contribution < -0.4 is 20.9 Å². The van der Waals surface area contributed by atoms with Gasteiger partial charge in [0.2, 0.25) is 0 Å². The molecule has 4 amide bonds. The molecule has 1 saturated heterocycles. The Morgan fingerprint density at radius 3 is 2.27 bits per heavy atom. The summed E-state index contributed by atoms with van der Waals surface area (Å²) < 4.78 is 0. The van der Waals surface area contributed by atoms with Gasteiger partial charge in [0.15, 0.2) is 0 Å². The van der Waals surface area contributed by atoms with Crippen LogP contribution in [0.25, 0.3) is 0 Å². The van der Waals surface area contributed by atoms with E-state index in [2.05, 4.69) is 27.8 Å². The highest BCUT2D eigenvalue weighted by molar-refractivity contribution is 5.89. The van der Waals surface area contributed by atoms with Crippen molar-refractivity contribution in [2.45, 2.75) is 26.3 Å². The van der Waals surface area contributed by atoms with Crippen molar-refractivity contribution in [3.63, 3.8) is 0 Å². The van der Waals surface area contributed by atoms with E-state index < -0.39 is 0 Å². The highest BCUT2D eigenvalue weighted by Crippen LogP contribution is 2.19. The lowest BCUT2D eigenvalue weighted by Gasteiger charge is -2.36. The quantitative estimate of drug-likeness (QED) is 0.611. The summed E-state index contributed by atoms with van der Waals surface area (Å²) in [4.78, 5) is 28.4. The number of carbonyl (C=O) groups excluding carboxylic acids is 2. The second-order valence-corrected chi connectivity index (χ2v) is 7.40. The Kier molecular flexibility index (Phi) is 7.94. The Bertz CT molecular complexity index is 802. The van der Waals surface area contributed by atoms with Gasteiger partial charge in [-0.05, 0) is 36.2 Å². The molecule has 3 rings (SSSR count). The summed E-state index contributed by atoms with van der Waals surface area (Å²) in [5.41, 5.74) is 2.90. The van der Waals surface area contributed by atoms with E-state index in [1.807, 2.05) is 59.5 Å². The maximum Gasteiger partial charge on any atom is 0.319 e. The molecule has 7 heteroatoms. The van der Waals surface area contributed by atoms with E-state index in [-0.39, 0.29) is 12.1 Å². The molecule has 0 unspecified atom stereocenters. The van der Waals surface area contributed by atoms with Gasteiger partial charge in [0.1, 0.15) is 0 Å². The molecule has 0 bridgehead atoms. The van der Waals surface area contributed by atoms with E-state index >= 15 is 0 Å². The minimum atomic E-state index is -0.227. The van der Waals surface area contributed by atoms with Crippen LogP contribution in [-0.4, -0.2) is 49.7 Å². The number of carbonyl (C=O) groups is 2. The number of unbranched alkanes of at least 4 members (excludes halogenated alkanes) is 1. The molecule has 7 nitrogen and oxygen atoms in total. The molecule has 0 atom stereocenters. The van der Waals surface area contributed by atoms with E-state index in [4.69, 9.17) is 0 Å². The summed E-state index contributed by atoms with van der Waals surface area (Å²) in [7, 11) is 0. The zero-order valence-electron chi connectivity index (χ0n) is 17.6. The number of rotatable bonds is 7. The molecule has 0 aromatic heterocycles. The number of nitrogens with zero attached hydrogens (tertiary/aromatic N) is 2. The van der Waals surface area contributed by atoms with Crippen LogP contribution in [0.4, 0.5) is 21.0 Å². The summed E-state index contributed by atoms with van der Waals surface area (Å²) in [5.74, 6) is 0. The summed E-state index contributed by atoms with van der Waals surface area (Å²) in [6.07, 6.45) is 2.09. The predicted octanol–water partition coefficient (Wildman–Crippen LogP) is 3.64. The fourth-order valence-corrected chi connectivity index (χ4v) is 3.36. The number of urea groups is 2. The van der Waals surface area contributed by atoms with Gasteiger partial charge in [-0.1, -0.05) is 43.7 Å². The molecule has 1 aliphatic rings. The van der Waals surface area contributed by atoms with Crippen molar-refractivity contribution in [3.05, 3.63) is 60.2 Å². The molecule has 2 aromatic rings. The lowest BCUT2D eigenvalue weighted by atomic mass is 10.2. The van der Waals surface area contributed by atoms with Gasteiger partial charge in [-0.3, -0.25) is 0 Å². The van der Waals surface area contributed by atoms with Crippen LogP contribution in [0, 0.1) is 0 Å². The van der Waals surface area contributed by atoms with E-state index in [0.29, 0.717) is 19.6 Å². The Morgan fingerprint density at radius 2 is 1.60 bits per heavy atom. The number of nitrogens with one attached hydrogen (secondary N) is 3. The third-order valence-corrected chi connectivity index (χ3v) is 5.16. The predicted molar refractivity (Wildman–Crippen MR) is 121 cm³/mol. The molecular weight excluding hydrogens is 378 g/mol. The van der Waals surface area contributed by atoms with Crippen molar-refractivity contribution >= 4 is 23.4 Å². The monoisotopic (exact) mass is 409 g/mol. The average Bonchev–Trinajstić information content (AvgIpc) is 2.79. The van der Waals surface area contributed by atoms with Gasteiger partial charge in [0.05, 0.1) is 0 Å². The van der Waals surface area contributed by atoms with Gasteiger partial charge in [0, 0.05) is 50.6 Å². The van der Waals surface area contributed by atoms with Crippen LogP contribution in [0.2, 0.25) is 0 Å². The highest BCUT2D eigenvalue weighted by Gasteiger charge is 2.20. The number of anilines is 2. The van der Waals surface area contributed by atoms with E-state index in [9.17, 15) is 9.59 Å². The van der Waals surface area contributed by atoms with Crippen LogP contribution in [-0.2, 0) is 6.54 Å². The minimum absolute atomic E-state index is 0.0316. The Morgan fingerprint density at radius 1 is 0.900 bits per heavy atom. The van der Waals surface area contributed by atoms with Gasteiger partial charge in [-0.2, -0.15) is 0 Å². The molecule has 1 aliphatic heterocycles. The zero-order chi connectivity index (χ0) is 21.2. The zero-order valence-corrected chi connectivity index (χ0v) is 17.6.